The van der Waals surface area contributed by atoms with Crippen molar-refractivity contribution in [2.45, 2.75) is 65.3 Å². The van der Waals surface area contributed by atoms with Gasteiger partial charge in [0.2, 0.25) is 5.91 Å². The first-order valence-electron chi connectivity index (χ1n) is 7.03. The Kier molecular flexibility index (Phi) is 5.96. The van der Waals surface area contributed by atoms with Gasteiger partial charge in [-0.3, -0.25) is 4.79 Å². The second-order valence-corrected chi connectivity index (χ2v) is 6.04. The maximum absolute atomic E-state index is 12.0. The predicted octanol–water partition coefficient (Wildman–Crippen LogP) is 2.46. The van der Waals surface area contributed by atoms with Gasteiger partial charge in [0.05, 0.1) is 0 Å². The highest BCUT2D eigenvalue weighted by Gasteiger charge is 2.23. The molecule has 0 bridgehead atoms. The molecule has 1 amide bonds. The Morgan fingerprint density at radius 1 is 1.35 bits per heavy atom. The molecule has 1 rings (SSSR count). The van der Waals surface area contributed by atoms with Crippen molar-refractivity contribution in [2.75, 3.05) is 13.1 Å². The number of hydrogen-bond acceptors (Lipinski definition) is 2. The largest absolute Gasteiger partial charge is 0.353 e. The van der Waals surface area contributed by atoms with E-state index in [1.165, 1.54) is 12.8 Å². The summed E-state index contributed by atoms with van der Waals surface area (Å²) in [7, 11) is 0. The Morgan fingerprint density at radius 3 is 2.59 bits per heavy atom. The van der Waals surface area contributed by atoms with E-state index in [1.807, 2.05) is 0 Å². The summed E-state index contributed by atoms with van der Waals surface area (Å²) in [6.45, 7) is 8.66. The van der Waals surface area contributed by atoms with Crippen LogP contribution in [-0.2, 0) is 4.79 Å². The molecule has 17 heavy (non-hydrogen) atoms. The highest BCUT2D eigenvalue weighted by molar-refractivity contribution is 5.76. The Morgan fingerprint density at radius 2 is 2.00 bits per heavy atom. The van der Waals surface area contributed by atoms with E-state index in [0.717, 1.165) is 32.4 Å². The summed E-state index contributed by atoms with van der Waals surface area (Å²) in [6, 6.07) is 0.394. The maximum Gasteiger partial charge on any atom is 0.220 e. The molecule has 0 aromatic heterocycles. The monoisotopic (exact) mass is 240 g/mol. The van der Waals surface area contributed by atoms with Crippen molar-refractivity contribution in [3.8, 4) is 0 Å². The van der Waals surface area contributed by atoms with E-state index < -0.39 is 0 Å². The lowest BCUT2D eigenvalue weighted by molar-refractivity contribution is -0.124. The van der Waals surface area contributed by atoms with Gasteiger partial charge in [0.25, 0.3) is 0 Å². The molecule has 1 heterocycles. The number of nitrogens with one attached hydrogen (secondary N) is 2. The molecule has 0 aromatic rings. The van der Waals surface area contributed by atoms with Gasteiger partial charge in [-0.2, -0.15) is 0 Å². The Balaban J connectivity index is 2.27. The quantitative estimate of drug-likeness (QED) is 0.749. The summed E-state index contributed by atoms with van der Waals surface area (Å²) in [5, 5.41) is 6.49. The summed E-state index contributed by atoms with van der Waals surface area (Å²) < 4.78 is 0. The lowest BCUT2D eigenvalue weighted by Gasteiger charge is -2.27. The minimum Gasteiger partial charge on any atom is -0.353 e. The summed E-state index contributed by atoms with van der Waals surface area (Å²) in [5.74, 6) is 0.234. The molecule has 0 radical (unpaired) electrons. The van der Waals surface area contributed by atoms with Gasteiger partial charge in [-0.05, 0) is 37.8 Å². The number of rotatable bonds is 6. The zero-order chi connectivity index (χ0) is 12.7. The van der Waals surface area contributed by atoms with Crippen molar-refractivity contribution in [1.82, 2.24) is 10.6 Å². The van der Waals surface area contributed by atoms with Crippen LogP contribution in [0.3, 0.4) is 0 Å². The standard InChI is InChI=1S/C14H28N2O/c1-4-5-8-14(2,3)11-13(17)16-12-6-9-15-10-7-12/h12,15H,4-11H2,1-3H3,(H,16,17). The molecular formula is C14H28N2O. The number of hydrogen-bond donors (Lipinski definition) is 2. The van der Waals surface area contributed by atoms with Gasteiger partial charge < -0.3 is 10.6 Å². The molecule has 0 aromatic carbocycles. The van der Waals surface area contributed by atoms with Crippen LogP contribution in [0, 0.1) is 5.41 Å². The molecule has 0 unspecified atom stereocenters. The van der Waals surface area contributed by atoms with Crippen LogP contribution >= 0.6 is 0 Å². The first-order chi connectivity index (χ1) is 8.03. The molecule has 0 saturated carbocycles. The Bertz CT molecular complexity index is 232. The van der Waals surface area contributed by atoms with Crippen molar-refractivity contribution in [3.63, 3.8) is 0 Å². The molecule has 3 heteroatoms. The van der Waals surface area contributed by atoms with Crippen LogP contribution in [0.5, 0.6) is 0 Å². The van der Waals surface area contributed by atoms with E-state index in [-0.39, 0.29) is 11.3 Å². The lowest BCUT2D eigenvalue weighted by atomic mass is 9.83. The fourth-order valence-electron chi connectivity index (χ4n) is 2.42. The SMILES string of the molecule is CCCCC(C)(C)CC(=O)NC1CCNCC1. The van der Waals surface area contributed by atoms with Crippen LogP contribution in [0.4, 0.5) is 0 Å². The Labute approximate surface area is 106 Å². The number of carbonyl (C=O) groups excluding carboxylic acids is 1. The minimum atomic E-state index is 0.146. The zero-order valence-electron chi connectivity index (χ0n) is 11.6. The van der Waals surface area contributed by atoms with Crippen LogP contribution in [0.15, 0.2) is 0 Å². The van der Waals surface area contributed by atoms with Gasteiger partial charge in [-0.15, -0.1) is 0 Å². The highest BCUT2D eigenvalue weighted by Crippen LogP contribution is 2.27. The third-order valence-corrected chi connectivity index (χ3v) is 3.55. The fourth-order valence-corrected chi connectivity index (χ4v) is 2.42. The lowest BCUT2D eigenvalue weighted by Crippen LogP contribution is -2.43. The van der Waals surface area contributed by atoms with Crippen LogP contribution in [0.1, 0.15) is 59.3 Å². The van der Waals surface area contributed by atoms with E-state index in [0.29, 0.717) is 12.5 Å². The molecule has 3 nitrogen and oxygen atoms in total. The van der Waals surface area contributed by atoms with Crippen LogP contribution in [0.25, 0.3) is 0 Å². The highest BCUT2D eigenvalue weighted by atomic mass is 16.1. The van der Waals surface area contributed by atoms with Crippen molar-refractivity contribution < 1.29 is 4.79 Å². The maximum atomic E-state index is 12.0. The van der Waals surface area contributed by atoms with Gasteiger partial charge in [0.1, 0.15) is 0 Å². The average molecular weight is 240 g/mol. The van der Waals surface area contributed by atoms with Gasteiger partial charge in [0, 0.05) is 12.5 Å². The van der Waals surface area contributed by atoms with Gasteiger partial charge in [0.15, 0.2) is 0 Å². The number of amides is 1. The molecule has 100 valence electrons. The van der Waals surface area contributed by atoms with Crippen molar-refractivity contribution in [2.24, 2.45) is 5.41 Å². The fraction of sp³-hybridized carbons (Fsp3) is 0.929. The van der Waals surface area contributed by atoms with E-state index in [4.69, 9.17) is 0 Å². The second kappa shape index (κ2) is 7.00. The molecule has 1 fully saturated rings. The molecular weight excluding hydrogens is 212 g/mol. The number of piperidine rings is 1. The molecule has 0 atom stereocenters. The van der Waals surface area contributed by atoms with Crippen molar-refractivity contribution >= 4 is 5.91 Å². The summed E-state index contributed by atoms with van der Waals surface area (Å²) in [5.41, 5.74) is 0.146. The Hall–Kier alpha value is -0.570. The average Bonchev–Trinajstić information content (AvgIpc) is 2.27. The topological polar surface area (TPSA) is 41.1 Å². The summed E-state index contributed by atoms with van der Waals surface area (Å²) in [6.07, 6.45) is 6.37. The number of carbonyl (C=O) groups is 1. The van der Waals surface area contributed by atoms with E-state index in [2.05, 4.69) is 31.4 Å². The minimum absolute atomic E-state index is 0.146. The van der Waals surface area contributed by atoms with Gasteiger partial charge in [-0.1, -0.05) is 33.6 Å². The van der Waals surface area contributed by atoms with Gasteiger partial charge >= 0.3 is 0 Å². The van der Waals surface area contributed by atoms with Crippen molar-refractivity contribution in [3.05, 3.63) is 0 Å². The first-order valence-corrected chi connectivity index (χ1v) is 7.03. The molecule has 0 spiro atoms. The van der Waals surface area contributed by atoms with Crippen molar-refractivity contribution in [1.29, 1.82) is 0 Å². The predicted molar refractivity (Wildman–Crippen MR) is 72.0 cm³/mol. The van der Waals surface area contributed by atoms with E-state index in [9.17, 15) is 4.79 Å². The normalized spacial score (nSPS) is 18.1. The van der Waals surface area contributed by atoms with Crippen LogP contribution < -0.4 is 10.6 Å². The third kappa shape index (κ3) is 6.06. The number of unbranched alkanes of at least 4 members (excludes halogenated alkanes) is 1. The van der Waals surface area contributed by atoms with E-state index >= 15 is 0 Å². The smallest absolute Gasteiger partial charge is 0.220 e. The molecule has 1 saturated heterocycles. The van der Waals surface area contributed by atoms with Gasteiger partial charge in [-0.25, -0.2) is 0 Å². The second-order valence-electron chi connectivity index (χ2n) is 6.04. The summed E-state index contributed by atoms with van der Waals surface area (Å²) in [4.78, 5) is 12.0. The zero-order valence-corrected chi connectivity index (χ0v) is 11.6. The molecule has 0 aliphatic carbocycles. The summed E-state index contributed by atoms with van der Waals surface area (Å²) >= 11 is 0. The molecule has 2 N–H and O–H groups in total. The third-order valence-electron chi connectivity index (χ3n) is 3.55. The molecule has 1 aliphatic heterocycles. The van der Waals surface area contributed by atoms with Crippen LogP contribution in [0.2, 0.25) is 0 Å². The van der Waals surface area contributed by atoms with E-state index in [1.54, 1.807) is 0 Å². The van der Waals surface area contributed by atoms with Crippen LogP contribution in [-0.4, -0.2) is 25.0 Å². The molecule has 1 aliphatic rings. The first kappa shape index (κ1) is 14.5.